The summed E-state index contributed by atoms with van der Waals surface area (Å²) in [6, 6.07) is 5.37. The van der Waals surface area contributed by atoms with Gasteiger partial charge in [-0.25, -0.2) is 4.98 Å². The van der Waals surface area contributed by atoms with Crippen molar-refractivity contribution in [3.8, 4) is 6.07 Å². The fraction of sp³-hybridized carbons (Fsp3) is 0.300. The highest BCUT2D eigenvalue weighted by molar-refractivity contribution is 8.00. The molecule has 0 saturated heterocycles. The van der Waals surface area contributed by atoms with Gasteiger partial charge in [-0.1, -0.05) is 11.8 Å². The van der Waals surface area contributed by atoms with Gasteiger partial charge in [0.05, 0.1) is 5.56 Å². The van der Waals surface area contributed by atoms with Gasteiger partial charge in [-0.3, -0.25) is 4.79 Å². The summed E-state index contributed by atoms with van der Waals surface area (Å²) < 4.78 is 0. The zero-order chi connectivity index (χ0) is 11.4. The van der Waals surface area contributed by atoms with Crippen molar-refractivity contribution in [2.75, 3.05) is 0 Å². The van der Waals surface area contributed by atoms with Crippen molar-refractivity contribution < 1.29 is 9.90 Å². The van der Waals surface area contributed by atoms with Crippen molar-refractivity contribution in [1.29, 1.82) is 5.26 Å². The van der Waals surface area contributed by atoms with Crippen molar-refractivity contribution in [3.63, 3.8) is 0 Å². The van der Waals surface area contributed by atoms with Gasteiger partial charge >= 0.3 is 5.97 Å². The van der Waals surface area contributed by atoms with E-state index in [9.17, 15) is 4.79 Å². The van der Waals surface area contributed by atoms with Crippen LogP contribution in [0, 0.1) is 18.3 Å². The number of carboxylic acids is 1. The standard InChI is InChI=1S/C10H10N2O2S/c1-6-3-4-8(5-11)9(12-6)15-7(2)10(13)14/h3-4,7H,1-2H3,(H,13,14). The van der Waals surface area contributed by atoms with Gasteiger partial charge < -0.3 is 5.11 Å². The third kappa shape index (κ3) is 2.96. The highest BCUT2D eigenvalue weighted by atomic mass is 32.2. The minimum atomic E-state index is -0.910. The van der Waals surface area contributed by atoms with E-state index in [0.29, 0.717) is 10.6 Å². The largest absolute Gasteiger partial charge is 0.480 e. The van der Waals surface area contributed by atoms with E-state index in [-0.39, 0.29) is 0 Å². The Morgan fingerprint density at radius 3 is 2.87 bits per heavy atom. The molecule has 1 heterocycles. The molecule has 0 spiro atoms. The van der Waals surface area contributed by atoms with E-state index >= 15 is 0 Å². The van der Waals surface area contributed by atoms with E-state index in [1.165, 1.54) is 0 Å². The first-order valence-corrected chi connectivity index (χ1v) is 5.19. The molecule has 0 amide bonds. The molecule has 0 aliphatic heterocycles. The Morgan fingerprint density at radius 1 is 1.67 bits per heavy atom. The van der Waals surface area contributed by atoms with Gasteiger partial charge in [-0.15, -0.1) is 0 Å². The Morgan fingerprint density at radius 2 is 2.33 bits per heavy atom. The predicted molar refractivity (Wildman–Crippen MR) is 56.6 cm³/mol. The van der Waals surface area contributed by atoms with Gasteiger partial charge in [0.1, 0.15) is 16.3 Å². The number of aliphatic carboxylic acids is 1. The molecule has 78 valence electrons. The Hall–Kier alpha value is -1.54. The van der Waals surface area contributed by atoms with Gasteiger partial charge in [-0.2, -0.15) is 5.26 Å². The molecule has 1 unspecified atom stereocenters. The van der Waals surface area contributed by atoms with Gasteiger partial charge in [0.15, 0.2) is 0 Å². The van der Waals surface area contributed by atoms with E-state index in [0.717, 1.165) is 17.5 Å². The molecule has 4 nitrogen and oxygen atoms in total. The van der Waals surface area contributed by atoms with Crippen LogP contribution in [-0.2, 0) is 4.79 Å². The molecule has 5 heteroatoms. The van der Waals surface area contributed by atoms with E-state index < -0.39 is 11.2 Å². The lowest BCUT2D eigenvalue weighted by atomic mass is 10.3. The molecular formula is C10H10N2O2S. The maximum atomic E-state index is 10.7. The summed E-state index contributed by atoms with van der Waals surface area (Å²) in [4.78, 5) is 14.8. The van der Waals surface area contributed by atoms with Crippen LogP contribution in [0.15, 0.2) is 17.2 Å². The first-order valence-electron chi connectivity index (χ1n) is 4.32. The zero-order valence-electron chi connectivity index (χ0n) is 8.39. The molecule has 1 aromatic heterocycles. The van der Waals surface area contributed by atoms with Crippen molar-refractivity contribution in [1.82, 2.24) is 4.98 Å². The molecule has 0 aliphatic rings. The van der Waals surface area contributed by atoms with E-state index in [1.54, 1.807) is 26.0 Å². The first-order chi connectivity index (χ1) is 7.04. The summed E-state index contributed by atoms with van der Waals surface area (Å²) in [5.74, 6) is -0.910. The van der Waals surface area contributed by atoms with Crippen LogP contribution in [0.3, 0.4) is 0 Å². The minimum absolute atomic E-state index is 0.415. The maximum Gasteiger partial charge on any atom is 0.316 e. The Balaban J connectivity index is 2.98. The molecule has 1 atom stereocenters. The second-order valence-electron chi connectivity index (χ2n) is 3.02. The van der Waals surface area contributed by atoms with Gasteiger partial charge in [0.2, 0.25) is 0 Å². The molecule has 1 aromatic rings. The number of aromatic nitrogens is 1. The summed E-state index contributed by atoms with van der Waals surface area (Å²) in [5.41, 5.74) is 1.19. The smallest absolute Gasteiger partial charge is 0.316 e. The number of pyridine rings is 1. The summed E-state index contributed by atoms with van der Waals surface area (Å²) >= 11 is 1.08. The van der Waals surface area contributed by atoms with Crippen molar-refractivity contribution in [2.24, 2.45) is 0 Å². The van der Waals surface area contributed by atoms with Crippen LogP contribution in [0.1, 0.15) is 18.2 Å². The van der Waals surface area contributed by atoms with Crippen LogP contribution in [0.2, 0.25) is 0 Å². The molecule has 0 bridgehead atoms. The molecule has 0 fully saturated rings. The lowest BCUT2D eigenvalue weighted by Gasteiger charge is -2.07. The SMILES string of the molecule is Cc1ccc(C#N)c(SC(C)C(=O)O)n1. The lowest BCUT2D eigenvalue weighted by molar-refractivity contribution is -0.136. The van der Waals surface area contributed by atoms with Crippen LogP contribution in [0.25, 0.3) is 0 Å². The summed E-state index contributed by atoms with van der Waals surface area (Å²) in [5, 5.41) is 17.4. The van der Waals surface area contributed by atoms with Crippen LogP contribution < -0.4 is 0 Å². The summed E-state index contributed by atoms with van der Waals surface area (Å²) in [6.07, 6.45) is 0. The number of carboxylic acid groups (broad SMARTS) is 1. The van der Waals surface area contributed by atoms with Crippen molar-refractivity contribution in [3.05, 3.63) is 23.4 Å². The Bertz CT molecular complexity index is 426. The molecular weight excluding hydrogens is 212 g/mol. The topological polar surface area (TPSA) is 74.0 Å². The Kier molecular flexibility index (Phi) is 3.69. The molecule has 0 saturated carbocycles. The van der Waals surface area contributed by atoms with Crippen LogP contribution in [0.5, 0.6) is 0 Å². The van der Waals surface area contributed by atoms with Gasteiger partial charge in [-0.05, 0) is 26.0 Å². The first kappa shape index (κ1) is 11.5. The summed E-state index contributed by atoms with van der Waals surface area (Å²) in [7, 11) is 0. The van der Waals surface area contributed by atoms with Crippen LogP contribution >= 0.6 is 11.8 Å². The normalized spacial score (nSPS) is 11.8. The maximum absolute atomic E-state index is 10.7. The highest BCUT2D eigenvalue weighted by Crippen LogP contribution is 2.24. The highest BCUT2D eigenvalue weighted by Gasteiger charge is 2.15. The summed E-state index contributed by atoms with van der Waals surface area (Å²) in [6.45, 7) is 3.37. The number of thioether (sulfide) groups is 1. The number of hydrogen-bond donors (Lipinski definition) is 1. The number of aryl methyl sites for hydroxylation is 1. The zero-order valence-corrected chi connectivity index (χ0v) is 9.21. The number of nitrogens with zero attached hydrogens (tertiary/aromatic N) is 2. The molecule has 0 radical (unpaired) electrons. The quantitative estimate of drug-likeness (QED) is 0.790. The van der Waals surface area contributed by atoms with Crippen LogP contribution in [-0.4, -0.2) is 21.3 Å². The fourth-order valence-electron chi connectivity index (χ4n) is 0.926. The molecule has 1 N–H and O–H groups in total. The minimum Gasteiger partial charge on any atom is -0.480 e. The third-order valence-corrected chi connectivity index (χ3v) is 2.85. The number of nitriles is 1. The number of carbonyl (C=O) groups is 1. The van der Waals surface area contributed by atoms with E-state index in [1.807, 2.05) is 6.07 Å². The molecule has 0 aliphatic carbocycles. The van der Waals surface area contributed by atoms with Crippen molar-refractivity contribution in [2.45, 2.75) is 24.1 Å². The molecule has 0 aromatic carbocycles. The fourth-order valence-corrected chi connectivity index (χ4v) is 1.80. The lowest BCUT2D eigenvalue weighted by Crippen LogP contribution is -2.12. The van der Waals surface area contributed by atoms with E-state index in [2.05, 4.69) is 4.98 Å². The predicted octanol–water partition coefficient (Wildman–Crippen LogP) is 1.83. The van der Waals surface area contributed by atoms with Gasteiger partial charge in [0.25, 0.3) is 0 Å². The Labute approximate surface area is 91.9 Å². The van der Waals surface area contributed by atoms with Crippen LogP contribution in [0.4, 0.5) is 0 Å². The monoisotopic (exact) mass is 222 g/mol. The molecule has 1 rings (SSSR count). The second kappa shape index (κ2) is 4.80. The van der Waals surface area contributed by atoms with Crippen molar-refractivity contribution >= 4 is 17.7 Å². The average molecular weight is 222 g/mol. The molecule has 15 heavy (non-hydrogen) atoms. The number of hydrogen-bond acceptors (Lipinski definition) is 4. The van der Waals surface area contributed by atoms with E-state index in [4.69, 9.17) is 10.4 Å². The third-order valence-electron chi connectivity index (χ3n) is 1.76. The average Bonchev–Trinajstić information content (AvgIpc) is 2.18. The van der Waals surface area contributed by atoms with Gasteiger partial charge in [0, 0.05) is 5.69 Å². The number of rotatable bonds is 3. The second-order valence-corrected chi connectivity index (χ2v) is 4.34.